The summed E-state index contributed by atoms with van der Waals surface area (Å²) in [5, 5.41) is 1.50. The second-order valence-corrected chi connectivity index (χ2v) is 4.54. The van der Waals surface area contributed by atoms with E-state index in [-0.39, 0.29) is 12.1 Å². The van der Waals surface area contributed by atoms with Crippen molar-refractivity contribution < 1.29 is 19.0 Å². The summed E-state index contributed by atoms with van der Waals surface area (Å²) in [5.74, 6) is 0. The third-order valence-corrected chi connectivity index (χ3v) is 2.42. The SMILES string of the molecule is O=P(O)(O)ON(C1CC1)C1CC1. The summed E-state index contributed by atoms with van der Waals surface area (Å²) >= 11 is 0. The highest BCUT2D eigenvalue weighted by Crippen LogP contribution is 2.46. The maximum atomic E-state index is 10.5. The molecule has 0 aromatic carbocycles. The summed E-state index contributed by atoms with van der Waals surface area (Å²) in [6.45, 7) is 0. The molecule has 0 bridgehead atoms. The molecule has 0 atom stereocenters. The van der Waals surface area contributed by atoms with E-state index < -0.39 is 7.82 Å². The molecule has 0 aromatic heterocycles. The zero-order valence-electron chi connectivity index (χ0n) is 6.59. The maximum absolute atomic E-state index is 10.5. The average Bonchev–Trinajstić information content (AvgIpc) is 2.78. The Hall–Kier alpha value is 0.0700. The molecule has 2 aliphatic rings. The standard InChI is InChI=1S/C6H12NO4P/c8-12(9,10)11-7(5-1-2-5)6-3-4-6/h5-6H,1-4H2,(H2,8,9,10). The molecule has 0 spiro atoms. The van der Waals surface area contributed by atoms with Crippen molar-refractivity contribution in [2.45, 2.75) is 37.8 Å². The van der Waals surface area contributed by atoms with E-state index in [2.05, 4.69) is 4.62 Å². The average molecular weight is 193 g/mol. The van der Waals surface area contributed by atoms with E-state index in [4.69, 9.17) is 9.79 Å². The first-order chi connectivity index (χ1) is 5.56. The van der Waals surface area contributed by atoms with Gasteiger partial charge in [0.05, 0.1) is 0 Å². The van der Waals surface area contributed by atoms with E-state index in [1.807, 2.05) is 0 Å². The van der Waals surface area contributed by atoms with Gasteiger partial charge >= 0.3 is 7.82 Å². The number of nitrogens with zero attached hydrogens (tertiary/aromatic N) is 1. The van der Waals surface area contributed by atoms with E-state index in [1.165, 1.54) is 5.06 Å². The lowest BCUT2D eigenvalue weighted by atomic mass is 10.6. The zero-order chi connectivity index (χ0) is 8.77. The molecule has 0 unspecified atom stereocenters. The minimum absolute atomic E-state index is 0.255. The van der Waals surface area contributed by atoms with E-state index in [0.29, 0.717) is 0 Å². The van der Waals surface area contributed by atoms with Crippen molar-refractivity contribution in [1.29, 1.82) is 0 Å². The minimum Gasteiger partial charge on any atom is -0.302 e. The predicted molar refractivity (Wildman–Crippen MR) is 41.0 cm³/mol. The fraction of sp³-hybridized carbons (Fsp3) is 1.00. The Morgan fingerprint density at radius 1 is 1.17 bits per heavy atom. The van der Waals surface area contributed by atoms with Crippen molar-refractivity contribution in [1.82, 2.24) is 5.06 Å². The molecule has 2 fully saturated rings. The van der Waals surface area contributed by atoms with Gasteiger partial charge in [-0.3, -0.25) is 0 Å². The largest absolute Gasteiger partial charge is 0.486 e. The van der Waals surface area contributed by atoms with Gasteiger partial charge in [0, 0.05) is 12.1 Å². The molecule has 2 rings (SSSR count). The van der Waals surface area contributed by atoms with Crippen LogP contribution in [0.3, 0.4) is 0 Å². The Morgan fingerprint density at radius 3 is 1.83 bits per heavy atom. The predicted octanol–water partition coefficient (Wildman–Crippen LogP) is 0.637. The number of hydroxylamine groups is 2. The molecule has 70 valence electrons. The van der Waals surface area contributed by atoms with Crippen LogP contribution in [-0.4, -0.2) is 26.9 Å². The van der Waals surface area contributed by atoms with Gasteiger partial charge in [0.1, 0.15) is 0 Å². The summed E-state index contributed by atoms with van der Waals surface area (Å²) in [5.41, 5.74) is 0. The maximum Gasteiger partial charge on any atom is 0.486 e. The summed E-state index contributed by atoms with van der Waals surface area (Å²) in [4.78, 5) is 17.2. The van der Waals surface area contributed by atoms with Gasteiger partial charge in [-0.05, 0) is 25.7 Å². The van der Waals surface area contributed by atoms with Gasteiger partial charge in [0.15, 0.2) is 0 Å². The van der Waals surface area contributed by atoms with Crippen LogP contribution in [0.1, 0.15) is 25.7 Å². The molecule has 0 aliphatic heterocycles. The molecule has 0 amide bonds. The molecule has 2 saturated carbocycles. The van der Waals surface area contributed by atoms with E-state index in [9.17, 15) is 4.57 Å². The zero-order valence-corrected chi connectivity index (χ0v) is 7.48. The summed E-state index contributed by atoms with van der Waals surface area (Å²) < 4.78 is 15.1. The second kappa shape index (κ2) is 2.79. The number of hydrogen-bond acceptors (Lipinski definition) is 3. The molecular weight excluding hydrogens is 181 g/mol. The third-order valence-electron chi connectivity index (χ3n) is 2.01. The van der Waals surface area contributed by atoms with Crippen molar-refractivity contribution in [2.75, 3.05) is 0 Å². The topological polar surface area (TPSA) is 70.0 Å². The molecular formula is C6H12NO4P. The molecule has 0 aromatic rings. The normalized spacial score (nSPS) is 24.9. The Bertz CT molecular complexity index is 208. The number of phosphoric acid groups is 1. The summed E-state index contributed by atoms with van der Waals surface area (Å²) in [6.07, 6.45) is 3.99. The molecule has 0 radical (unpaired) electrons. The molecule has 0 heterocycles. The number of hydrogen-bond donors (Lipinski definition) is 2. The van der Waals surface area contributed by atoms with Crippen molar-refractivity contribution >= 4 is 7.82 Å². The smallest absolute Gasteiger partial charge is 0.302 e. The minimum atomic E-state index is -4.32. The van der Waals surface area contributed by atoms with Crippen LogP contribution < -0.4 is 0 Å². The van der Waals surface area contributed by atoms with Crippen molar-refractivity contribution in [3.05, 3.63) is 0 Å². The van der Waals surface area contributed by atoms with Crippen molar-refractivity contribution in [3.8, 4) is 0 Å². The second-order valence-electron chi connectivity index (χ2n) is 3.39. The monoisotopic (exact) mass is 193 g/mol. The summed E-state index contributed by atoms with van der Waals surface area (Å²) in [6, 6.07) is 0.509. The first-order valence-corrected chi connectivity index (χ1v) is 5.63. The van der Waals surface area contributed by atoms with Crippen LogP contribution in [0, 0.1) is 0 Å². The Labute approximate surface area is 70.5 Å². The van der Waals surface area contributed by atoms with Gasteiger partial charge in [-0.2, -0.15) is 9.69 Å². The van der Waals surface area contributed by atoms with Gasteiger partial charge in [0.2, 0.25) is 0 Å². The van der Waals surface area contributed by atoms with Crippen molar-refractivity contribution in [2.24, 2.45) is 0 Å². The van der Waals surface area contributed by atoms with Crippen molar-refractivity contribution in [3.63, 3.8) is 0 Å². The van der Waals surface area contributed by atoms with Crippen LogP contribution in [0.2, 0.25) is 0 Å². The van der Waals surface area contributed by atoms with E-state index in [1.54, 1.807) is 0 Å². The first kappa shape index (κ1) is 8.66. The van der Waals surface area contributed by atoms with E-state index >= 15 is 0 Å². The lowest BCUT2D eigenvalue weighted by molar-refractivity contribution is -0.0969. The molecule has 6 heteroatoms. The Balaban J connectivity index is 1.92. The number of rotatable bonds is 4. The molecule has 2 N–H and O–H groups in total. The van der Waals surface area contributed by atoms with Crippen LogP contribution in [0.5, 0.6) is 0 Å². The van der Waals surface area contributed by atoms with Crippen LogP contribution in [-0.2, 0) is 9.19 Å². The molecule has 5 nitrogen and oxygen atoms in total. The van der Waals surface area contributed by atoms with Crippen LogP contribution in [0.25, 0.3) is 0 Å². The summed E-state index contributed by atoms with van der Waals surface area (Å²) in [7, 11) is -4.32. The van der Waals surface area contributed by atoms with E-state index in [0.717, 1.165) is 25.7 Å². The quantitative estimate of drug-likeness (QED) is 0.506. The van der Waals surface area contributed by atoms with Gasteiger partial charge in [-0.15, -0.1) is 0 Å². The molecule has 0 saturated heterocycles. The third kappa shape index (κ3) is 2.28. The van der Waals surface area contributed by atoms with Gasteiger partial charge < -0.3 is 9.79 Å². The van der Waals surface area contributed by atoms with Gasteiger partial charge in [0.25, 0.3) is 0 Å². The molecule has 12 heavy (non-hydrogen) atoms. The lowest BCUT2D eigenvalue weighted by Gasteiger charge is -2.20. The van der Waals surface area contributed by atoms with Gasteiger partial charge in [-0.25, -0.2) is 4.57 Å². The van der Waals surface area contributed by atoms with Crippen LogP contribution >= 0.6 is 7.82 Å². The Kier molecular flexibility index (Phi) is 2.01. The highest BCUT2D eigenvalue weighted by Gasteiger charge is 2.43. The van der Waals surface area contributed by atoms with Gasteiger partial charge in [-0.1, -0.05) is 0 Å². The van der Waals surface area contributed by atoms with Crippen LogP contribution in [0.15, 0.2) is 0 Å². The fourth-order valence-electron chi connectivity index (χ4n) is 1.21. The fourth-order valence-corrected chi connectivity index (χ4v) is 1.72. The molecule has 2 aliphatic carbocycles. The lowest BCUT2D eigenvalue weighted by Crippen LogP contribution is -2.27. The Morgan fingerprint density at radius 2 is 1.58 bits per heavy atom. The highest BCUT2D eigenvalue weighted by atomic mass is 31.2. The van der Waals surface area contributed by atoms with Crippen LogP contribution in [0.4, 0.5) is 0 Å². The first-order valence-electron chi connectivity index (χ1n) is 4.10. The highest BCUT2D eigenvalue weighted by molar-refractivity contribution is 7.46.